The summed E-state index contributed by atoms with van der Waals surface area (Å²) in [5.41, 5.74) is 2.48. The minimum absolute atomic E-state index is 0.0518. The van der Waals surface area contributed by atoms with Gasteiger partial charge >= 0.3 is 0 Å². The molecule has 0 fully saturated rings. The van der Waals surface area contributed by atoms with Crippen molar-refractivity contribution in [2.24, 2.45) is 0 Å². The molecule has 0 aromatic heterocycles. The highest BCUT2D eigenvalue weighted by Crippen LogP contribution is 2.10. The minimum atomic E-state index is -0.0518. The van der Waals surface area contributed by atoms with Crippen LogP contribution in [0.15, 0.2) is 24.3 Å². The third kappa shape index (κ3) is 4.14. The quantitative estimate of drug-likeness (QED) is 0.616. The average Bonchev–Trinajstić information content (AvgIpc) is 2.00. The molecule has 1 rings (SSSR count). The van der Waals surface area contributed by atoms with E-state index in [1.807, 2.05) is 0 Å². The molecule has 0 saturated carbocycles. The summed E-state index contributed by atoms with van der Waals surface area (Å²) in [6.07, 6.45) is 0. The summed E-state index contributed by atoms with van der Waals surface area (Å²) in [6.45, 7) is 6.92. The van der Waals surface area contributed by atoms with E-state index in [0.717, 1.165) is 0 Å². The zero-order valence-electron chi connectivity index (χ0n) is 8.92. The molecule has 0 heterocycles. The highest BCUT2D eigenvalue weighted by molar-refractivity contribution is 6.32. The molecule has 0 amide bonds. The van der Waals surface area contributed by atoms with E-state index >= 15 is 0 Å². The molecule has 0 aliphatic rings. The Morgan fingerprint density at radius 3 is 2.54 bits per heavy atom. The first-order chi connectivity index (χ1) is 5.97. The van der Waals surface area contributed by atoms with Gasteiger partial charge in [0.1, 0.15) is 7.85 Å². The predicted octanol–water partition coefficient (Wildman–Crippen LogP) is 1.26. The first-order valence-electron chi connectivity index (χ1n) is 4.67. The van der Waals surface area contributed by atoms with Gasteiger partial charge in [0.15, 0.2) is 0 Å². The molecule has 0 N–H and O–H groups in total. The summed E-state index contributed by atoms with van der Waals surface area (Å²) < 4.78 is 5.67. The molecule has 1 nitrogen and oxygen atoms in total. The van der Waals surface area contributed by atoms with Crippen molar-refractivity contribution in [2.45, 2.75) is 33.0 Å². The molecule has 2 heteroatoms. The lowest BCUT2D eigenvalue weighted by Gasteiger charge is -2.19. The molecule has 70 valence electrons. The molecule has 0 aliphatic heterocycles. The Morgan fingerprint density at radius 2 is 2.00 bits per heavy atom. The van der Waals surface area contributed by atoms with Gasteiger partial charge in [0.2, 0.25) is 0 Å². The third-order valence-electron chi connectivity index (χ3n) is 1.75. The van der Waals surface area contributed by atoms with Crippen LogP contribution in [-0.4, -0.2) is 13.4 Å². The zero-order chi connectivity index (χ0) is 9.90. The second-order valence-corrected chi connectivity index (χ2v) is 4.39. The van der Waals surface area contributed by atoms with E-state index in [1.54, 1.807) is 0 Å². The Bertz CT molecular complexity index is 276. The van der Waals surface area contributed by atoms with Crippen LogP contribution in [0.4, 0.5) is 0 Å². The molecular formula is C11H17BO. The topological polar surface area (TPSA) is 9.23 Å². The highest BCUT2D eigenvalue weighted by atomic mass is 16.5. The smallest absolute Gasteiger partial charge is 0.139 e. The van der Waals surface area contributed by atoms with Crippen molar-refractivity contribution in [3.05, 3.63) is 29.8 Å². The Hall–Kier alpha value is -0.755. The molecule has 0 saturated heterocycles. The lowest BCUT2D eigenvalue weighted by Crippen LogP contribution is -2.19. The molecule has 0 spiro atoms. The molecule has 1 aromatic carbocycles. The van der Waals surface area contributed by atoms with Crippen molar-refractivity contribution in [1.29, 1.82) is 0 Å². The summed E-state index contributed by atoms with van der Waals surface area (Å²) in [4.78, 5) is 0. The van der Waals surface area contributed by atoms with Crippen LogP contribution in [0, 0.1) is 0 Å². The van der Waals surface area contributed by atoms with E-state index in [-0.39, 0.29) is 5.60 Å². The van der Waals surface area contributed by atoms with Crippen molar-refractivity contribution >= 4 is 13.3 Å². The number of benzene rings is 1. The van der Waals surface area contributed by atoms with E-state index < -0.39 is 0 Å². The largest absolute Gasteiger partial charge is 0.371 e. The minimum Gasteiger partial charge on any atom is -0.371 e. The van der Waals surface area contributed by atoms with Gasteiger partial charge in [0.25, 0.3) is 0 Å². The van der Waals surface area contributed by atoms with Gasteiger partial charge in [-0.1, -0.05) is 29.7 Å². The van der Waals surface area contributed by atoms with Gasteiger partial charge in [-0.15, -0.1) is 0 Å². The Labute approximate surface area is 81.5 Å². The maximum Gasteiger partial charge on any atom is 0.139 e. The van der Waals surface area contributed by atoms with Crippen molar-refractivity contribution in [3.8, 4) is 0 Å². The monoisotopic (exact) mass is 176 g/mol. The van der Waals surface area contributed by atoms with Gasteiger partial charge in [0, 0.05) is 0 Å². The second-order valence-electron chi connectivity index (χ2n) is 4.39. The maximum atomic E-state index is 5.67. The fourth-order valence-corrected chi connectivity index (χ4v) is 1.10. The van der Waals surface area contributed by atoms with Crippen LogP contribution in [0.3, 0.4) is 0 Å². The number of hydrogen-bond acceptors (Lipinski definition) is 1. The molecule has 0 atom stereocenters. The van der Waals surface area contributed by atoms with E-state index in [2.05, 4.69) is 52.9 Å². The average molecular weight is 176 g/mol. The standard InChI is InChI=1S/C11H17BO/c1-11(2,3)13-8-9-5-4-6-10(12)7-9/h4-7H,8,12H2,1-3H3. The van der Waals surface area contributed by atoms with Gasteiger partial charge in [-0.05, 0) is 26.3 Å². The summed E-state index contributed by atoms with van der Waals surface area (Å²) in [7, 11) is 2.10. The Morgan fingerprint density at radius 1 is 1.31 bits per heavy atom. The number of rotatable bonds is 2. The van der Waals surface area contributed by atoms with Crippen LogP contribution in [-0.2, 0) is 11.3 Å². The van der Waals surface area contributed by atoms with E-state index in [1.165, 1.54) is 11.0 Å². The molecule has 0 unspecified atom stereocenters. The van der Waals surface area contributed by atoms with Gasteiger partial charge < -0.3 is 4.74 Å². The predicted molar refractivity (Wildman–Crippen MR) is 59.2 cm³/mol. The van der Waals surface area contributed by atoms with Crippen LogP contribution in [0.2, 0.25) is 0 Å². The molecule has 13 heavy (non-hydrogen) atoms. The van der Waals surface area contributed by atoms with Crippen molar-refractivity contribution < 1.29 is 4.74 Å². The summed E-state index contributed by atoms with van der Waals surface area (Å²) >= 11 is 0. The van der Waals surface area contributed by atoms with Gasteiger partial charge in [0.05, 0.1) is 12.2 Å². The first kappa shape index (κ1) is 10.3. The van der Waals surface area contributed by atoms with Crippen LogP contribution >= 0.6 is 0 Å². The summed E-state index contributed by atoms with van der Waals surface area (Å²) in [6, 6.07) is 8.42. The van der Waals surface area contributed by atoms with Gasteiger partial charge in [-0.2, -0.15) is 0 Å². The first-order valence-corrected chi connectivity index (χ1v) is 4.67. The lowest BCUT2D eigenvalue weighted by molar-refractivity contribution is -0.0149. The normalized spacial score (nSPS) is 11.6. The van der Waals surface area contributed by atoms with Crippen molar-refractivity contribution in [2.75, 3.05) is 0 Å². The zero-order valence-corrected chi connectivity index (χ0v) is 8.92. The fourth-order valence-electron chi connectivity index (χ4n) is 1.10. The van der Waals surface area contributed by atoms with E-state index in [0.29, 0.717) is 6.61 Å². The van der Waals surface area contributed by atoms with E-state index in [9.17, 15) is 0 Å². The van der Waals surface area contributed by atoms with Gasteiger partial charge in [-0.3, -0.25) is 0 Å². The van der Waals surface area contributed by atoms with Crippen molar-refractivity contribution in [1.82, 2.24) is 0 Å². The van der Waals surface area contributed by atoms with Crippen LogP contribution < -0.4 is 5.46 Å². The number of hydrogen-bond donors (Lipinski definition) is 0. The molecule has 1 aromatic rings. The van der Waals surface area contributed by atoms with Crippen LogP contribution in [0.5, 0.6) is 0 Å². The Balaban J connectivity index is 2.55. The van der Waals surface area contributed by atoms with E-state index in [4.69, 9.17) is 4.74 Å². The van der Waals surface area contributed by atoms with Crippen molar-refractivity contribution in [3.63, 3.8) is 0 Å². The van der Waals surface area contributed by atoms with Crippen LogP contribution in [0.1, 0.15) is 26.3 Å². The summed E-state index contributed by atoms with van der Waals surface area (Å²) in [5.74, 6) is 0. The SMILES string of the molecule is Bc1cccc(COC(C)(C)C)c1. The number of ether oxygens (including phenoxy) is 1. The summed E-state index contributed by atoms with van der Waals surface area (Å²) in [5, 5.41) is 0. The third-order valence-corrected chi connectivity index (χ3v) is 1.75. The molecule has 0 bridgehead atoms. The van der Waals surface area contributed by atoms with Gasteiger partial charge in [-0.25, -0.2) is 0 Å². The molecule has 0 aliphatic carbocycles. The van der Waals surface area contributed by atoms with Crippen LogP contribution in [0.25, 0.3) is 0 Å². The maximum absolute atomic E-state index is 5.67. The fraction of sp³-hybridized carbons (Fsp3) is 0.455. The second kappa shape index (κ2) is 3.97. The lowest BCUT2D eigenvalue weighted by atomic mass is 9.95. The molecule has 0 radical (unpaired) electrons. The highest BCUT2D eigenvalue weighted by Gasteiger charge is 2.09. The Kier molecular flexibility index (Phi) is 3.15. The molecular weight excluding hydrogens is 159 g/mol.